The van der Waals surface area contributed by atoms with E-state index in [1.807, 2.05) is 0 Å². The average Bonchev–Trinajstić information content (AvgIpc) is 2.43. The summed E-state index contributed by atoms with van der Waals surface area (Å²) in [7, 11) is 0. The molecule has 0 saturated carbocycles. The molecule has 0 fully saturated rings. The minimum absolute atomic E-state index is 0.0731. The van der Waals surface area contributed by atoms with Gasteiger partial charge in [-0.2, -0.15) is 5.10 Å². The summed E-state index contributed by atoms with van der Waals surface area (Å²) < 4.78 is 0.800. The SMILES string of the molecule is O=C(N/N=C/c1cc(Br)ccc1O)c1ccccc1Cl. The van der Waals surface area contributed by atoms with Gasteiger partial charge in [0, 0.05) is 10.0 Å². The summed E-state index contributed by atoms with van der Waals surface area (Å²) >= 11 is 9.19. The lowest BCUT2D eigenvalue weighted by atomic mass is 10.2. The second-order valence-electron chi connectivity index (χ2n) is 3.88. The molecule has 0 atom stereocenters. The van der Waals surface area contributed by atoms with E-state index in [0.29, 0.717) is 16.1 Å². The van der Waals surface area contributed by atoms with Gasteiger partial charge in [0.25, 0.3) is 5.91 Å². The Morgan fingerprint density at radius 1 is 1.30 bits per heavy atom. The third-order valence-corrected chi connectivity index (χ3v) is 3.30. The van der Waals surface area contributed by atoms with Crippen LogP contribution in [0.25, 0.3) is 0 Å². The second-order valence-corrected chi connectivity index (χ2v) is 5.20. The van der Waals surface area contributed by atoms with Crippen LogP contribution >= 0.6 is 27.5 Å². The molecule has 0 aliphatic rings. The van der Waals surface area contributed by atoms with E-state index >= 15 is 0 Å². The number of carbonyl (C=O) groups excluding carboxylic acids is 1. The first-order valence-corrected chi connectivity index (χ1v) is 6.81. The smallest absolute Gasteiger partial charge is 0.272 e. The van der Waals surface area contributed by atoms with Gasteiger partial charge >= 0.3 is 0 Å². The van der Waals surface area contributed by atoms with Crippen molar-refractivity contribution in [2.24, 2.45) is 5.10 Å². The van der Waals surface area contributed by atoms with Crippen LogP contribution in [0, 0.1) is 0 Å². The number of benzene rings is 2. The van der Waals surface area contributed by atoms with Gasteiger partial charge in [-0.25, -0.2) is 5.43 Å². The zero-order valence-corrected chi connectivity index (χ0v) is 12.5. The molecule has 0 heterocycles. The monoisotopic (exact) mass is 352 g/mol. The molecule has 2 aromatic carbocycles. The Bertz CT molecular complexity index is 674. The summed E-state index contributed by atoms with van der Waals surface area (Å²) in [6.45, 7) is 0. The number of hydrazone groups is 1. The van der Waals surface area contributed by atoms with E-state index in [-0.39, 0.29) is 5.75 Å². The maximum absolute atomic E-state index is 11.8. The first-order chi connectivity index (χ1) is 9.58. The zero-order chi connectivity index (χ0) is 14.5. The van der Waals surface area contributed by atoms with Crippen molar-refractivity contribution in [2.45, 2.75) is 0 Å². The number of hydrogen-bond donors (Lipinski definition) is 2. The molecule has 0 bridgehead atoms. The van der Waals surface area contributed by atoms with E-state index in [2.05, 4.69) is 26.5 Å². The highest BCUT2D eigenvalue weighted by Crippen LogP contribution is 2.20. The molecule has 0 unspecified atom stereocenters. The van der Waals surface area contributed by atoms with E-state index in [1.54, 1.807) is 36.4 Å². The number of phenolic OH excluding ortho intramolecular Hbond substituents is 1. The summed E-state index contributed by atoms with van der Waals surface area (Å²) in [5.74, 6) is -0.342. The molecule has 102 valence electrons. The van der Waals surface area contributed by atoms with Gasteiger partial charge in [-0.1, -0.05) is 39.7 Å². The molecule has 20 heavy (non-hydrogen) atoms. The number of hydrogen-bond acceptors (Lipinski definition) is 3. The Hall–Kier alpha value is -1.85. The fourth-order valence-corrected chi connectivity index (χ4v) is 2.10. The molecule has 2 aromatic rings. The standard InChI is InChI=1S/C14H10BrClN2O2/c15-10-5-6-13(19)9(7-10)8-17-18-14(20)11-3-1-2-4-12(11)16/h1-8,19H,(H,18,20)/b17-8+. The van der Waals surface area contributed by atoms with E-state index in [0.717, 1.165) is 4.47 Å². The maximum Gasteiger partial charge on any atom is 0.272 e. The van der Waals surface area contributed by atoms with E-state index in [1.165, 1.54) is 12.3 Å². The number of rotatable bonds is 3. The van der Waals surface area contributed by atoms with Gasteiger partial charge < -0.3 is 5.11 Å². The Morgan fingerprint density at radius 3 is 2.80 bits per heavy atom. The third kappa shape index (κ3) is 3.59. The van der Waals surface area contributed by atoms with Crippen LogP contribution < -0.4 is 5.43 Å². The molecule has 1 amide bonds. The Morgan fingerprint density at radius 2 is 2.05 bits per heavy atom. The van der Waals surface area contributed by atoms with Crippen molar-refractivity contribution in [1.82, 2.24) is 5.43 Å². The van der Waals surface area contributed by atoms with E-state index in [9.17, 15) is 9.90 Å². The summed E-state index contributed by atoms with van der Waals surface area (Å²) in [5, 5.41) is 13.8. The van der Waals surface area contributed by atoms with Gasteiger partial charge in [0.1, 0.15) is 5.75 Å². The minimum atomic E-state index is -0.415. The minimum Gasteiger partial charge on any atom is -0.507 e. The van der Waals surface area contributed by atoms with Crippen molar-refractivity contribution in [2.75, 3.05) is 0 Å². The topological polar surface area (TPSA) is 61.7 Å². The van der Waals surface area contributed by atoms with Crippen molar-refractivity contribution in [3.8, 4) is 5.75 Å². The summed E-state index contributed by atoms with van der Waals surface area (Å²) in [6.07, 6.45) is 1.36. The van der Waals surface area contributed by atoms with Crippen LogP contribution in [-0.4, -0.2) is 17.2 Å². The highest BCUT2D eigenvalue weighted by Gasteiger charge is 2.07. The number of nitrogens with one attached hydrogen (secondary N) is 1. The van der Waals surface area contributed by atoms with Gasteiger partial charge in [0.15, 0.2) is 0 Å². The van der Waals surface area contributed by atoms with Crippen LogP contribution in [0.15, 0.2) is 52.0 Å². The third-order valence-electron chi connectivity index (χ3n) is 2.48. The first-order valence-electron chi connectivity index (χ1n) is 5.64. The number of nitrogens with zero attached hydrogens (tertiary/aromatic N) is 1. The van der Waals surface area contributed by atoms with Crippen LogP contribution in [0.5, 0.6) is 5.75 Å². The fraction of sp³-hybridized carbons (Fsp3) is 0. The zero-order valence-electron chi connectivity index (χ0n) is 10.2. The molecule has 0 spiro atoms. The predicted molar refractivity (Wildman–Crippen MR) is 82.3 cm³/mol. The van der Waals surface area contributed by atoms with Gasteiger partial charge in [-0.3, -0.25) is 4.79 Å². The second kappa shape index (κ2) is 6.54. The summed E-state index contributed by atoms with van der Waals surface area (Å²) in [6, 6.07) is 11.6. The van der Waals surface area contributed by atoms with Gasteiger partial charge in [0.2, 0.25) is 0 Å². The molecule has 4 nitrogen and oxygen atoms in total. The normalized spacial score (nSPS) is 10.7. The molecule has 0 saturated heterocycles. The number of aromatic hydroxyl groups is 1. The largest absolute Gasteiger partial charge is 0.507 e. The quantitative estimate of drug-likeness (QED) is 0.654. The molecule has 2 N–H and O–H groups in total. The predicted octanol–water partition coefficient (Wildman–Crippen LogP) is 3.57. The van der Waals surface area contributed by atoms with E-state index < -0.39 is 5.91 Å². The van der Waals surface area contributed by atoms with Crippen molar-refractivity contribution < 1.29 is 9.90 Å². The lowest BCUT2D eigenvalue weighted by Gasteiger charge is -2.02. The van der Waals surface area contributed by atoms with Crippen molar-refractivity contribution in [3.05, 3.63) is 63.1 Å². The lowest BCUT2D eigenvalue weighted by molar-refractivity contribution is 0.0955. The molecule has 6 heteroatoms. The maximum atomic E-state index is 11.8. The van der Waals surface area contributed by atoms with Crippen molar-refractivity contribution >= 4 is 39.7 Å². The highest BCUT2D eigenvalue weighted by atomic mass is 79.9. The number of halogens is 2. The summed E-state index contributed by atoms with van der Waals surface area (Å²) in [4.78, 5) is 11.8. The van der Waals surface area contributed by atoms with Gasteiger partial charge in [0.05, 0.1) is 16.8 Å². The Balaban J connectivity index is 2.09. The average molecular weight is 354 g/mol. The molecule has 0 aromatic heterocycles. The number of phenols is 1. The van der Waals surface area contributed by atoms with E-state index in [4.69, 9.17) is 11.6 Å². The number of carbonyl (C=O) groups is 1. The van der Waals surface area contributed by atoms with Crippen molar-refractivity contribution in [1.29, 1.82) is 0 Å². The molecule has 0 aliphatic heterocycles. The van der Waals surface area contributed by atoms with Gasteiger partial charge in [-0.15, -0.1) is 0 Å². The lowest BCUT2D eigenvalue weighted by Crippen LogP contribution is -2.17. The molecular weight excluding hydrogens is 344 g/mol. The van der Waals surface area contributed by atoms with Crippen LogP contribution in [0.1, 0.15) is 15.9 Å². The highest BCUT2D eigenvalue weighted by molar-refractivity contribution is 9.10. The fourth-order valence-electron chi connectivity index (χ4n) is 1.49. The van der Waals surface area contributed by atoms with Crippen LogP contribution in [0.4, 0.5) is 0 Å². The summed E-state index contributed by atoms with van der Waals surface area (Å²) in [5.41, 5.74) is 3.18. The van der Waals surface area contributed by atoms with Crippen LogP contribution in [0.2, 0.25) is 5.02 Å². The Kier molecular flexibility index (Phi) is 4.76. The first kappa shape index (κ1) is 14.6. The molecular formula is C14H10BrClN2O2. The van der Waals surface area contributed by atoms with Crippen molar-refractivity contribution in [3.63, 3.8) is 0 Å². The number of amides is 1. The van der Waals surface area contributed by atoms with Gasteiger partial charge in [-0.05, 0) is 30.3 Å². The molecule has 0 aliphatic carbocycles. The van der Waals surface area contributed by atoms with Crippen LogP contribution in [0.3, 0.4) is 0 Å². The molecule has 2 rings (SSSR count). The Labute approximate surface area is 129 Å². The molecule has 0 radical (unpaired) electrons. The van der Waals surface area contributed by atoms with Crippen LogP contribution in [-0.2, 0) is 0 Å².